The third kappa shape index (κ3) is 3.34. The Balaban J connectivity index is 2.19. The second-order valence-corrected chi connectivity index (χ2v) is 8.23. The number of nitrogens with one attached hydrogen (secondary N) is 1. The molecule has 2 rings (SSSR count). The zero-order valence-corrected chi connectivity index (χ0v) is 13.0. The van der Waals surface area contributed by atoms with E-state index in [1.807, 2.05) is 6.92 Å². The Kier molecular flexibility index (Phi) is 4.60. The Labute approximate surface area is 118 Å². The van der Waals surface area contributed by atoms with Gasteiger partial charge in [0, 0.05) is 6.04 Å². The first-order valence-electron chi connectivity index (χ1n) is 6.60. The molecule has 0 spiro atoms. The molecule has 2 atom stereocenters. The summed E-state index contributed by atoms with van der Waals surface area (Å²) < 4.78 is 28.0. The van der Waals surface area contributed by atoms with Gasteiger partial charge in [0.1, 0.15) is 0 Å². The van der Waals surface area contributed by atoms with Gasteiger partial charge in [0.25, 0.3) is 10.0 Å². The van der Waals surface area contributed by atoms with Crippen molar-refractivity contribution in [2.75, 3.05) is 6.54 Å². The van der Waals surface area contributed by atoms with Crippen molar-refractivity contribution in [3.63, 3.8) is 0 Å². The van der Waals surface area contributed by atoms with E-state index in [0.29, 0.717) is 16.4 Å². The molecule has 1 saturated carbocycles. The van der Waals surface area contributed by atoms with Gasteiger partial charge in [-0.05, 0) is 39.2 Å². The fourth-order valence-electron chi connectivity index (χ4n) is 2.66. The smallest absolute Gasteiger partial charge is 0.252 e. The molecule has 0 bridgehead atoms. The van der Waals surface area contributed by atoms with E-state index in [1.165, 1.54) is 11.3 Å². The molecule has 1 heterocycles. The highest BCUT2D eigenvalue weighted by atomic mass is 32.2. The van der Waals surface area contributed by atoms with Gasteiger partial charge in [-0.3, -0.25) is 0 Å². The summed E-state index contributed by atoms with van der Waals surface area (Å²) in [5.41, 5.74) is 6.32. The first-order chi connectivity index (χ1) is 8.94. The Morgan fingerprint density at radius 1 is 1.37 bits per heavy atom. The molecule has 1 aliphatic rings. The van der Waals surface area contributed by atoms with Gasteiger partial charge in [-0.15, -0.1) is 11.3 Å². The molecule has 0 saturated heterocycles. The molecule has 0 unspecified atom stereocenters. The lowest BCUT2D eigenvalue weighted by Crippen LogP contribution is -2.44. The van der Waals surface area contributed by atoms with Crippen LogP contribution in [0.4, 0.5) is 0 Å². The van der Waals surface area contributed by atoms with E-state index >= 15 is 0 Å². The molecule has 0 aromatic carbocycles. The lowest BCUT2D eigenvalue weighted by atomic mass is 9.85. The van der Waals surface area contributed by atoms with Crippen molar-refractivity contribution < 1.29 is 8.42 Å². The maximum atomic E-state index is 12.4. The van der Waals surface area contributed by atoms with Crippen molar-refractivity contribution in [2.45, 2.75) is 49.8 Å². The van der Waals surface area contributed by atoms with Gasteiger partial charge in [0.05, 0.1) is 10.7 Å². The van der Waals surface area contributed by atoms with Crippen LogP contribution in [0.25, 0.3) is 0 Å². The number of hydrogen-bond donors (Lipinski definition) is 2. The summed E-state index contributed by atoms with van der Waals surface area (Å²) in [6.07, 6.45) is 4.07. The summed E-state index contributed by atoms with van der Waals surface area (Å²) in [4.78, 5) is 4.18. The van der Waals surface area contributed by atoms with Crippen molar-refractivity contribution >= 4 is 21.4 Å². The minimum Gasteiger partial charge on any atom is -0.330 e. The number of hydrogen-bond acceptors (Lipinski definition) is 5. The number of nitrogens with two attached hydrogens (primary N) is 1. The minimum atomic E-state index is -3.46. The lowest BCUT2D eigenvalue weighted by molar-refractivity contribution is 0.296. The highest BCUT2D eigenvalue weighted by molar-refractivity contribution is 7.91. The quantitative estimate of drug-likeness (QED) is 0.884. The standard InChI is InChI=1S/C12H21N3O2S2/c1-8-12(18-9(2)14-8)19(16,17)15-11-6-4-3-5-10(11)7-13/h10-11,15H,3-7,13H2,1-2H3/t10-,11+/m1/s1. The monoisotopic (exact) mass is 303 g/mol. The highest BCUT2D eigenvalue weighted by Gasteiger charge is 2.30. The Morgan fingerprint density at radius 2 is 2.05 bits per heavy atom. The van der Waals surface area contributed by atoms with Crippen LogP contribution in [0.5, 0.6) is 0 Å². The third-order valence-electron chi connectivity index (χ3n) is 3.62. The number of aromatic nitrogens is 1. The largest absolute Gasteiger partial charge is 0.330 e. The number of sulfonamides is 1. The van der Waals surface area contributed by atoms with Crippen LogP contribution in [0, 0.1) is 19.8 Å². The Hall–Kier alpha value is -0.500. The maximum Gasteiger partial charge on any atom is 0.252 e. The van der Waals surface area contributed by atoms with E-state index in [2.05, 4.69) is 9.71 Å². The molecule has 1 aromatic rings. The van der Waals surface area contributed by atoms with Gasteiger partial charge in [-0.25, -0.2) is 18.1 Å². The molecule has 0 radical (unpaired) electrons. The van der Waals surface area contributed by atoms with Crippen molar-refractivity contribution in [3.05, 3.63) is 10.7 Å². The van der Waals surface area contributed by atoms with Crippen molar-refractivity contribution in [1.82, 2.24) is 9.71 Å². The molecule has 0 aliphatic heterocycles. The zero-order chi connectivity index (χ0) is 14.0. The third-order valence-corrected chi connectivity index (χ3v) is 6.80. The second kappa shape index (κ2) is 5.87. The minimum absolute atomic E-state index is 0.0365. The fourth-order valence-corrected chi connectivity index (χ4v) is 5.50. The van der Waals surface area contributed by atoms with E-state index < -0.39 is 10.0 Å². The number of thiazole rings is 1. The van der Waals surface area contributed by atoms with Crippen molar-refractivity contribution in [1.29, 1.82) is 0 Å². The predicted molar refractivity (Wildman–Crippen MR) is 76.7 cm³/mol. The molecular weight excluding hydrogens is 282 g/mol. The first kappa shape index (κ1) is 14.9. The lowest BCUT2D eigenvalue weighted by Gasteiger charge is -2.30. The van der Waals surface area contributed by atoms with Crippen LogP contribution >= 0.6 is 11.3 Å². The topological polar surface area (TPSA) is 85.1 Å². The molecule has 1 aromatic heterocycles. The van der Waals surface area contributed by atoms with E-state index in [0.717, 1.165) is 30.7 Å². The Bertz CT molecular complexity index is 539. The van der Waals surface area contributed by atoms with Gasteiger partial charge < -0.3 is 5.73 Å². The van der Waals surface area contributed by atoms with Crippen LogP contribution in [0.15, 0.2) is 4.21 Å². The molecular formula is C12H21N3O2S2. The van der Waals surface area contributed by atoms with Gasteiger partial charge in [0.15, 0.2) is 4.21 Å². The maximum absolute atomic E-state index is 12.4. The summed E-state index contributed by atoms with van der Waals surface area (Å²) in [5, 5.41) is 0.775. The predicted octanol–water partition coefficient (Wildman–Crippen LogP) is 1.56. The van der Waals surface area contributed by atoms with Gasteiger partial charge >= 0.3 is 0 Å². The summed E-state index contributed by atoms with van der Waals surface area (Å²) >= 11 is 1.23. The number of aryl methyl sites for hydroxylation is 2. The fraction of sp³-hybridized carbons (Fsp3) is 0.750. The molecule has 1 aliphatic carbocycles. The Morgan fingerprint density at radius 3 is 2.63 bits per heavy atom. The summed E-state index contributed by atoms with van der Waals surface area (Å²) in [5.74, 6) is 0.248. The van der Waals surface area contributed by atoms with Crippen LogP contribution < -0.4 is 10.5 Å². The first-order valence-corrected chi connectivity index (χ1v) is 8.90. The van der Waals surface area contributed by atoms with Crippen LogP contribution in [-0.2, 0) is 10.0 Å². The molecule has 108 valence electrons. The van der Waals surface area contributed by atoms with E-state index in [1.54, 1.807) is 6.92 Å². The average molecular weight is 303 g/mol. The van der Waals surface area contributed by atoms with Crippen LogP contribution in [0.2, 0.25) is 0 Å². The summed E-state index contributed by atoms with van der Waals surface area (Å²) in [6, 6.07) is -0.0365. The zero-order valence-electron chi connectivity index (χ0n) is 11.3. The SMILES string of the molecule is Cc1nc(C)c(S(=O)(=O)N[C@H]2CCCC[C@@H]2CN)s1. The highest BCUT2D eigenvalue weighted by Crippen LogP contribution is 2.27. The van der Waals surface area contributed by atoms with Crippen LogP contribution in [0.1, 0.15) is 36.4 Å². The molecule has 0 amide bonds. The van der Waals surface area contributed by atoms with Crippen molar-refractivity contribution in [3.8, 4) is 0 Å². The van der Waals surface area contributed by atoms with E-state index in [-0.39, 0.29) is 12.0 Å². The second-order valence-electron chi connectivity index (χ2n) is 5.11. The normalized spacial score (nSPS) is 24.6. The molecule has 3 N–H and O–H groups in total. The molecule has 19 heavy (non-hydrogen) atoms. The van der Waals surface area contributed by atoms with Crippen LogP contribution in [-0.4, -0.2) is 26.0 Å². The van der Waals surface area contributed by atoms with Crippen molar-refractivity contribution in [2.24, 2.45) is 11.7 Å². The average Bonchev–Trinajstić information content (AvgIpc) is 2.69. The molecule has 5 nitrogen and oxygen atoms in total. The van der Waals surface area contributed by atoms with Crippen LogP contribution in [0.3, 0.4) is 0 Å². The number of nitrogens with zero attached hydrogens (tertiary/aromatic N) is 1. The van der Waals surface area contributed by atoms with E-state index in [9.17, 15) is 8.42 Å². The van der Waals surface area contributed by atoms with E-state index in [4.69, 9.17) is 5.73 Å². The summed E-state index contributed by atoms with van der Waals surface area (Å²) in [7, 11) is -3.46. The molecule has 1 fully saturated rings. The summed E-state index contributed by atoms with van der Waals surface area (Å²) in [6.45, 7) is 4.09. The molecule has 7 heteroatoms. The number of rotatable bonds is 4. The van der Waals surface area contributed by atoms with Gasteiger partial charge in [-0.2, -0.15) is 0 Å². The van der Waals surface area contributed by atoms with Gasteiger partial charge in [-0.1, -0.05) is 12.8 Å². The van der Waals surface area contributed by atoms with Gasteiger partial charge in [0.2, 0.25) is 0 Å².